The number of halogens is 2. The van der Waals surface area contributed by atoms with E-state index in [1.54, 1.807) is 14.2 Å². The average molecular weight is 400 g/mol. The summed E-state index contributed by atoms with van der Waals surface area (Å²) in [6, 6.07) is 12.1. The van der Waals surface area contributed by atoms with Gasteiger partial charge < -0.3 is 9.47 Å². The van der Waals surface area contributed by atoms with E-state index in [0.29, 0.717) is 0 Å². The molecule has 0 N–H and O–H groups in total. The highest BCUT2D eigenvalue weighted by Crippen LogP contribution is 2.42. The molecule has 1 atom stereocenters. The minimum atomic E-state index is 0.00509. The maximum atomic E-state index is 5.51. The van der Waals surface area contributed by atoms with Gasteiger partial charge in [0.1, 0.15) is 11.5 Å². The van der Waals surface area contributed by atoms with E-state index in [-0.39, 0.29) is 4.83 Å². The quantitative estimate of drug-likeness (QED) is 0.653. The highest BCUT2D eigenvalue weighted by Gasteiger charge is 2.19. The second-order valence-corrected chi connectivity index (χ2v) is 6.22. The van der Waals surface area contributed by atoms with E-state index in [0.717, 1.165) is 32.7 Å². The van der Waals surface area contributed by atoms with E-state index >= 15 is 0 Å². The van der Waals surface area contributed by atoms with Crippen LogP contribution < -0.4 is 9.47 Å². The van der Waals surface area contributed by atoms with Crippen molar-refractivity contribution < 1.29 is 9.47 Å². The van der Waals surface area contributed by atoms with Crippen molar-refractivity contribution in [3.63, 3.8) is 0 Å². The Balaban J connectivity index is 2.52. The van der Waals surface area contributed by atoms with Crippen LogP contribution in [0.1, 0.15) is 21.5 Å². The topological polar surface area (TPSA) is 18.5 Å². The van der Waals surface area contributed by atoms with E-state index in [2.05, 4.69) is 37.9 Å². The first-order chi connectivity index (χ1) is 9.58. The van der Waals surface area contributed by atoms with Crippen LogP contribution in [0.25, 0.3) is 0 Å². The van der Waals surface area contributed by atoms with Crippen molar-refractivity contribution in [1.82, 2.24) is 0 Å². The predicted molar refractivity (Wildman–Crippen MR) is 89.2 cm³/mol. The van der Waals surface area contributed by atoms with Crippen LogP contribution in [0.15, 0.2) is 40.9 Å². The van der Waals surface area contributed by atoms with E-state index in [1.165, 1.54) is 0 Å². The van der Waals surface area contributed by atoms with Gasteiger partial charge in [-0.05, 0) is 30.7 Å². The molecule has 2 rings (SSSR count). The van der Waals surface area contributed by atoms with Crippen molar-refractivity contribution in [2.75, 3.05) is 14.2 Å². The molecule has 0 spiro atoms. The SMILES string of the molecule is COc1ccccc1C(Br)c1cc(Br)c(C)cc1OC. The Bertz CT molecular complexity index is 611. The van der Waals surface area contributed by atoms with Gasteiger partial charge in [0, 0.05) is 15.6 Å². The second kappa shape index (κ2) is 6.64. The summed E-state index contributed by atoms with van der Waals surface area (Å²) < 4.78 is 12.0. The largest absolute Gasteiger partial charge is 0.496 e. The van der Waals surface area contributed by atoms with Crippen LogP contribution in [0.2, 0.25) is 0 Å². The molecule has 2 aromatic rings. The lowest BCUT2D eigenvalue weighted by Gasteiger charge is -2.18. The van der Waals surface area contributed by atoms with Crippen LogP contribution >= 0.6 is 31.9 Å². The van der Waals surface area contributed by atoms with Gasteiger partial charge in [-0.3, -0.25) is 0 Å². The Morgan fingerprint density at radius 2 is 1.60 bits per heavy atom. The molecule has 0 saturated heterocycles. The summed E-state index contributed by atoms with van der Waals surface area (Å²) in [6.45, 7) is 2.04. The molecule has 2 nitrogen and oxygen atoms in total. The molecule has 0 aliphatic heterocycles. The predicted octanol–water partition coefficient (Wildman–Crippen LogP) is 5.26. The minimum Gasteiger partial charge on any atom is -0.496 e. The molecule has 0 fully saturated rings. The molecule has 2 aromatic carbocycles. The van der Waals surface area contributed by atoms with Crippen LogP contribution in [-0.4, -0.2) is 14.2 Å². The molecule has 0 bridgehead atoms. The summed E-state index contributed by atoms with van der Waals surface area (Å²) in [5.41, 5.74) is 3.28. The Morgan fingerprint density at radius 1 is 0.950 bits per heavy atom. The number of rotatable bonds is 4. The van der Waals surface area contributed by atoms with Gasteiger partial charge in [-0.2, -0.15) is 0 Å². The van der Waals surface area contributed by atoms with Gasteiger partial charge in [-0.15, -0.1) is 0 Å². The zero-order chi connectivity index (χ0) is 14.7. The maximum absolute atomic E-state index is 5.51. The Morgan fingerprint density at radius 3 is 2.25 bits per heavy atom. The third-order valence-electron chi connectivity index (χ3n) is 3.20. The van der Waals surface area contributed by atoms with Crippen LogP contribution in [0, 0.1) is 6.92 Å². The lowest BCUT2D eigenvalue weighted by Crippen LogP contribution is -2.00. The van der Waals surface area contributed by atoms with Gasteiger partial charge in [0.15, 0.2) is 0 Å². The summed E-state index contributed by atoms with van der Waals surface area (Å²) in [5, 5.41) is 0. The molecule has 0 aromatic heterocycles. The zero-order valence-corrected chi connectivity index (χ0v) is 14.8. The molecule has 0 aliphatic carbocycles. The van der Waals surface area contributed by atoms with Gasteiger partial charge in [-0.1, -0.05) is 50.1 Å². The average Bonchev–Trinajstić information content (AvgIpc) is 2.48. The first-order valence-electron chi connectivity index (χ1n) is 6.19. The van der Waals surface area contributed by atoms with Crippen LogP contribution in [0.4, 0.5) is 0 Å². The Hall–Kier alpha value is -1.00. The minimum absolute atomic E-state index is 0.00509. The van der Waals surface area contributed by atoms with Gasteiger partial charge >= 0.3 is 0 Å². The highest BCUT2D eigenvalue weighted by molar-refractivity contribution is 9.10. The first-order valence-corrected chi connectivity index (χ1v) is 7.90. The summed E-state index contributed by atoms with van der Waals surface area (Å²) in [4.78, 5) is 0.00509. The van der Waals surface area contributed by atoms with Gasteiger partial charge in [0.05, 0.1) is 19.0 Å². The Labute approximate surface area is 136 Å². The van der Waals surface area contributed by atoms with Gasteiger partial charge in [-0.25, -0.2) is 0 Å². The summed E-state index contributed by atoms with van der Waals surface area (Å²) in [5.74, 6) is 1.71. The number of alkyl halides is 1. The van der Waals surface area contributed by atoms with Crippen molar-refractivity contribution in [3.05, 3.63) is 57.6 Å². The molecule has 20 heavy (non-hydrogen) atoms. The fourth-order valence-corrected chi connectivity index (χ4v) is 3.19. The van der Waals surface area contributed by atoms with Crippen LogP contribution in [-0.2, 0) is 0 Å². The maximum Gasteiger partial charge on any atom is 0.123 e. The van der Waals surface area contributed by atoms with Crippen LogP contribution in [0.5, 0.6) is 11.5 Å². The molecular formula is C16H16Br2O2. The third kappa shape index (κ3) is 3.01. The first kappa shape index (κ1) is 15.4. The van der Waals surface area contributed by atoms with Gasteiger partial charge in [0.25, 0.3) is 0 Å². The zero-order valence-electron chi connectivity index (χ0n) is 11.6. The fourth-order valence-electron chi connectivity index (χ4n) is 2.09. The standard InChI is InChI=1S/C16H16Br2O2/c1-10-8-15(20-3)12(9-13(10)17)16(18)11-6-4-5-7-14(11)19-2/h4-9,16H,1-3H3. The van der Waals surface area contributed by atoms with Crippen molar-refractivity contribution in [1.29, 1.82) is 0 Å². The number of hydrogen-bond acceptors (Lipinski definition) is 2. The van der Waals surface area contributed by atoms with E-state index < -0.39 is 0 Å². The summed E-state index contributed by atoms with van der Waals surface area (Å²) in [7, 11) is 3.37. The molecule has 0 saturated carbocycles. The Kier molecular flexibility index (Phi) is 5.11. The third-order valence-corrected chi connectivity index (χ3v) is 5.04. The smallest absolute Gasteiger partial charge is 0.123 e. The lowest BCUT2D eigenvalue weighted by atomic mass is 10.0. The fraction of sp³-hybridized carbons (Fsp3) is 0.250. The van der Waals surface area contributed by atoms with E-state index in [9.17, 15) is 0 Å². The molecule has 106 valence electrons. The second-order valence-electron chi connectivity index (χ2n) is 4.45. The van der Waals surface area contributed by atoms with Crippen molar-refractivity contribution in [3.8, 4) is 11.5 Å². The summed E-state index contributed by atoms with van der Waals surface area (Å²) >= 11 is 7.33. The number of ether oxygens (including phenoxy) is 2. The lowest BCUT2D eigenvalue weighted by molar-refractivity contribution is 0.405. The van der Waals surface area contributed by atoms with Crippen molar-refractivity contribution in [2.45, 2.75) is 11.8 Å². The van der Waals surface area contributed by atoms with Gasteiger partial charge in [0.2, 0.25) is 0 Å². The number of benzene rings is 2. The molecular weight excluding hydrogens is 384 g/mol. The van der Waals surface area contributed by atoms with Crippen LogP contribution in [0.3, 0.4) is 0 Å². The molecule has 1 unspecified atom stereocenters. The number of hydrogen-bond donors (Lipinski definition) is 0. The van der Waals surface area contributed by atoms with Crippen molar-refractivity contribution >= 4 is 31.9 Å². The molecule has 0 heterocycles. The summed E-state index contributed by atoms with van der Waals surface area (Å²) in [6.07, 6.45) is 0. The number of aryl methyl sites for hydroxylation is 1. The van der Waals surface area contributed by atoms with E-state index in [1.807, 2.05) is 37.3 Å². The molecule has 0 radical (unpaired) electrons. The molecule has 0 amide bonds. The molecule has 0 aliphatic rings. The number of methoxy groups -OCH3 is 2. The normalized spacial score (nSPS) is 12.1. The van der Waals surface area contributed by atoms with Crippen molar-refractivity contribution in [2.24, 2.45) is 0 Å². The monoisotopic (exact) mass is 398 g/mol. The highest BCUT2D eigenvalue weighted by atomic mass is 79.9. The number of para-hydroxylation sites is 1. The molecule has 4 heteroatoms. The van der Waals surface area contributed by atoms with E-state index in [4.69, 9.17) is 9.47 Å².